The summed E-state index contributed by atoms with van der Waals surface area (Å²) in [5.41, 5.74) is 4.24. The van der Waals surface area contributed by atoms with Crippen molar-refractivity contribution in [2.75, 3.05) is 20.3 Å². The van der Waals surface area contributed by atoms with Crippen LogP contribution in [0.5, 0.6) is 11.8 Å². The zero-order valence-electron chi connectivity index (χ0n) is 22.2. The van der Waals surface area contributed by atoms with Gasteiger partial charge >= 0.3 is 0 Å². The number of hydrogen-bond acceptors (Lipinski definition) is 8. The first kappa shape index (κ1) is 25.0. The van der Waals surface area contributed by atoms with Crippen LogP contribution >= 0.6 is 0 Å². The van der Waals surface area contributed by atoms with Gasteiger partial charge in [-0.3, -0.25) is 19.0 Å². The molecule has 11 heteroatoms. The maximum absolute atomic E-state index is 9.97. The monoisotopic (exact) mass is 506 g/mol. The number of imidazole rings is 1. The summed E-state index contributed by atoms with van der Waals surface area (Å²) in [6, 6.07) is -0.173. The molecule has 37 heavy (non-hydrogen) atoms. The third-order valence-electron chi connectivity index (χ3n) is 7.05. The molecular formula is C26H34N8O3. The highest BCUT2D eigenvalue weighted by atomic mass is 16.5. The van der Waals surface area contributed by atoms with E-state index in [9.17, 15) is 5.11 Å². The number of aromatic nitrogens is 7. The van der Waals surface area contributed by atoms with Crippen LogP contribution in [0, 0.1) is 0 Å². The molecule has 1 N–H and O–H groups in total. The van der Waals surface area contributed by atoms with E-state index in [-0.39, 0.29) is 24.8 Å². The summed E-state index contributed by atoms with van der Waals surface area (Å²) >= 11 is 0. The van der Waals surface area contributed by atoms with Gasteiger partial charge in [-0.2, -0.15) is 5.10 Å². The van der Waals surface area contributed by atoms with Gasteiger partial charge in [0, 0.05) is 25.8 Å². The largest absolute Gasteiger partial charge is 0.476 e. The van der Waals surface area contributed by atoms with Crippen LogP contribution in [-0.4, -0.2) is 76.3 Å². The number of rotatable bonds is 4. The molecule has 0 spiro atoms. The van der Waals surface area contributed by atoms with Crippen LogP contribution in [0.2, 0.25) is 0 Å². The van der Waals surface area contributed by atoms with E-state index in [4.69, 9.17) is 14.6 Å². The number of aryl methyl sites for hydroxylation is 1. The van der Waals surface area contributed by atoms with Gasteiger partial charge in [0.2, 0.25) is 11.8 Å². The molecule has 11 nitrogen and oxygen atoms in total. The Bertz CT molecular complexity index is 1440. The van der Waals surface area contributed by atoms with E-state index >= 15 is 0 Å². The maximum atomic E-state index is 9.97. The molecular weight excluding hydrogens is 472 g/mol. The molecule has 4 aromatic rings. The van der Waals surface area contributed by atoms with E-state index in [1.54, 1.807) is 23.3 Å². The van der Waals surface area contributed by atoms with Crippen molar-refractivity contribution in [2.24, 2.45) is 7.05 Å². The first-order chi connectivity index (χ1) is 17.8. The summed E-state index contributed by atoms with van der Waals surface area (Å²) in [7, 11) is 3.93. The fourth-order valence-corrected chi connectivity index (χ4v) is 4.56. The molecule has 0 amide bonds. The number of fused-ring (bicyclic) bond motifs is 4. The van der Waals surface area contributed by atoms with Crippen molar-refractivity contribution >= 4 is 17.7 Å². The van der Waals surface area contributed by atoms with Crippen molar-refractivity contribution in [1.82, 2.24) is 38.8 Å². The van der Waals surface area contributed by atoms with E-state index in [0.29, 0.717) is 24.9 Å². The zero-order valence-corrected chi connectivity index (χ0v) is 22.2. The van der Waals surface area contributed by atoms with Crippen molar-refractivity contribution in [3.05, 3.63) is 41.9 Å². The number of ether oxygens (including phenoxy) is 2. The lowest BCUT2D eigenvalue weighted by Gasteiger charge is -2.31. The molecule has 196 valence electrons. The molecule has 5 rings (SSSR count). The number of aliphatic hydroxyl groups excluding tert-OH is 1. The Morgan fingerprint density at radius 3 is 2.70 bits per heavy atom. The van der Waals surface area contributed by atoms with Crippen molar-refractivity contribution in [2.45, 2.75) is 52.4 Å². The topological polar surface area (TPSA) is 108 Å². The number of likely N-dealkylation sites (N-methyl/N-ethyl adjacent to an activating group) is 1. The molecule has 1 unspecified atom stereocenters. The Morgan fingerprint density at radius 1 is 1.16 bits per heavy atom. The normalized spacial score (nSPS) is 20.1. The smallest absolute Gasteiger partial charge is 0.240 e. The standard InChI is InChI=1S/C26H34N8O3/c1-7-36-25-20-8-9-24-28-11-19-10-27-22(13-33(19)24)21-12-29-32(6)26(21)37-18(4)17(3)31(5)14-23(20)34(30-25)16(2)15-35/h8-13,16-18,35H,7,14-15H2,1-6H3/b9-8+/t16-,17+,18?/m0/s1. The van der Waals surface area contributed by atoms with Gasteiger partial charge in [-0.1, -0.05) is 0 Å². The Balaban J connectivity index is 1.72. The van der Waals surface area contributed by atoms with E-state index in [0.717, 1.165) is 33.9 Å². The van der Waals surface area contributed by atoms with Gasteiger partial charge < -0.3 is 14.6 Å². The lowest BCUT2D eigenvalue weighted by molar-refractivity contribution is 0.0914. The summed E-state index contributed by atoms with van der Waals surface area (Å²) in [5, 5.41) is 19.2. The maximum Gasteiger partial charge on any atom is 0.240 e. The van der Waals surface area contributed by atoms with Gasteiger partial charge in [-0.05, 0) is 46.9 Å². The van der Waals surface area contributed by atoms with E-state index in [1.165, 1.54) is 0 Å². The first-order valence-corrected chi connectivity index (χ1v) is 12.6. The van der Waals surface area contributed by atoms with Crippen LogP contribution in [-0.2, 0) is 13.6 Å². The molecule has 3 atom stereocenters. The van der Waals surface area contributed by atoms with E-state index in [1.807, 2.05) is 48.3 Å². The second-order valence-corrected chi connectivity index (χ2v) is 9.56. The molecule has 2 bridgehead atoms. The third-order valence-corrected chi connectivity index (χ3v) is 7.05. The number of nitrogens with zero attached hydrogens (tertiary/aromatic N) is 8. The molecule has 5 heterocycles. The highest BCUT2D eigenvalue weighted by Crippen LogP contribution is 2.32. The molecule has 1 aliphatic rings. The number of hydrogen-bond donors (Lipinski definition) is 1. The minimum absolute atomic E-state index is 0.0356. The average molecular weight is 507 g/mol. The fraction of sp³-hybridized carbons (Fsp3) is 0.462. The quantitative estimate of drug-likeness (QED) is 0.450. The SMILES string of the molecule is CCOc1nn([C@@H](C)CO)c2c1/C=C/c1ncc3cnc(cn13)-c1cnn(C)c1OC(C)[C@@H](C)N(C)C2. The second-order valence-electron chi connectivity index (χ2n) is 9.56. The fourth-order valence-electron chi connectivity index (χ4n) is 4.56. The van der Waals surface area contributed by atoms with Gasteiger partial charge in [0.15, 0.2) is 0 Å². The highest BCUT2D eigenvalue weighted by Gasteiger charge is 2.27. The van der Waals surface area contributed by atoms with Crippen LogP contribution in [0.1, 0.15) is 50.8 Å². The predicted molar refractivity (Wildman–Crippen MR) is 140 cm³/mol. The van der Waals surface area contributed by atoms with E-state index < -0.39 is 0 Å². The molecule has 0 fully saturated rings. The van der Waals surface area contributed by atoms with Gasteiger partial charge in [-0.25, -0.2) is 9.67 Å². The molecule has 0 aromatic carbocycles. The molecule has 0 saturated heterocycles. The van der Waals surface area contributed by atoms with Crippen LogP contribution in [0.25, 0.3) is 28.9 Å². The first-order valence-electron chi connectivity index (χ1n) is 12.6. The summed E-state index contributed by atoms with van der Waals surface area (Å²) in [6.07, 6.45) is 11.1. The summed E-state index contributed by atoms with van der Waals surface area (Å²) < 4.78 is 18.0. The lowest BCUT2D eigenvalue weighted by Crippen LogP contribution is -2.41. The van der Waals surface area contributed by atoms with Crippen molar-refractivity contribution < 1.29 is 14.6 Å². The molecule has 4 aromatic heterocycles. The average Bonchev–Trinajstić information content (AvgIpc) is 3.57. The second kappa shape index (κ2) is 9.98. The molecule has 0 aliphatic carbocycles. The Hall–Kier alpha value is -3.70. The third kappa shape index (κ3) is 4.49. The van der Waals surface area contributed by atoms with Gasteiger partial charge in [0.1, 0.15) is 11.9 Å². The zero-order chi connectivity index (χ0) is 26.3. The Kier molecular flexibility index (Phi) is 6.74. The Labute approximate surface area is 216 Å². The molecule has 1 aliphatic heterocycles. The predicted octanol–water partition coefficient (Wildman–Crippen LogP) is 3.05. The van der Waals surface area contributed by atoms with Crippen LogP contribution < -0.4 is 9.47 Å². The lowest BCUT2D eigenvalue weighted by atomic mass is 10.1. The molecule has 0 radical (unpaired) electrons. The number of aliphatic hydroxyl groups is 1. The summed E-state index contributed by atoms with van der Waals surface area (Å²) in [6.45, 7) is 9.09. The van der Waals surface area contributed by atoms with Crippen LogP contribution in [0.4, 0.5) is 0 Å². The summed E-state index contributed by atoms with van der Waals surface area (Å²) in [5.74, 6) is 1.93. The molecule has 0 saturated carbocycles. The summed E-state index contributed by atoms with van der Waals surface area (Å²) in [4.78, 5) is 11.5. The Morgan fingerprint density at radius 2 is 1.95 bits per heavy atom. The highest BCUT2D eigenvalue weighted by molar-refractivity contribution is 5.73. The van der Waals surface area contributed by atoms with Crippen molar-refractivity contribution in [1.29, 1.82) is 0 Å². The van der Waals surface area contributed by atoms with Crippen LogP contribution in [0.3, 0.4) is 0 Å². The van der Waals surface area contributed by atoms with Gasteiger partial charge in [-0.15, -0.1) is 5.10 Å². The minimum Gasteiger partial charge on any atom is -0.476 e. The van der Waals surface area contributed by atoms with Gasteiger partial charge in [0.05, 0.1) is 65.9 Å². The van der Waals surface area contributed by atoms with Crippen LogP contribution in [0.15, 0.2) is 24.8 Å². The van der Waals surface area contributed by atoms with Gasteiger partial charge in [0.25, 0.3) is 0 Å². The van der Waals surface area contributed by atoms with E-state index in [2.05, 4.69) is 40.9 Å². The minimum atomic E-state index is -0.214. The van der Waals surface area contributed by atoms with Crippen molar-refractivity contribution in [3.63, 3.8) is 0 Å². The van der Waals surface area contributed by atoms with Crippen molar-refractivity contribution in [3.8, 4) is 23.0 Å².